The molecule has 0 spiro atoms. The molecule has 0 bridgehead atoms. The summed E-state index contributed by atoms with van der Waals surface area (Å²) >= 11 is 0. The summed E-state index contributed by atoms with van der Waals surface area (Å²) in [6.45, 7) is 3.98. The summed E-state index contributed by atoms with van der Waals surface area (Å²) in [5.74, 6) is 0.0536. The molecule has 126 valence electrons. The van der Waals surface area contributed by atoms with Gasteiger partial charge in [0.1, 0.15) is 12.7 Å². The van der Waals surface area contributed by atoms with Crippen molar-refractivity contribution >= 4 is 11.7 Å². The lowest BCUT2D eigenvalue weighted by Gasteiger charge is -2.26. The van der Waals surface area contributed by atoms with Gasteiger partial charge in [-0.25, -0.2) is 0 Å². The Kier molecular flexibility index (Phi) is 4.24. The number of para-hydroxylation sites is 2. The van der Waals surface area contributed by atoms with Crippen LogP contribution in [0.15, 0.2) is 24.3 Å². The number of aromatic nitrogens is 2. The van der Waals surface area contributed by atoms with Gasteiger partial charge < -0.3 is 14.8 Å². The first-order valence-electron chi connectivity index (χ1n) is 7.68. The van der Waals surface area contributed by atoms with Gasteiger partial charge in [0.05, 0.1) is 17.8 Å². The Morgan fingerprint density at radius 2 is 2.00 bits per heavy atom. The highest BCUT2D eigenvalue weighted by molar-refractivity contribution is 6.43. The van der Waals surface area contributed by atoms with Crippen molar-refractivity contribution in [3.8, 4) is 11.5 Å². The first-order chi connectivity index (χ1) is 11.5. The maximum Gasteiger partial charge on any atom is 0.292 e. The molecule has 1 aromatic heterocycles. The average molecular weight is 329 g/mol. The first kappa shape index (κ1) is 16.0. The molecule has 1 amide bonds. The zero-order chi connectivity index (χ0) is 17.3. The van der Waals surface area contributed by atoms with Crippen LogP contribution in [0.2, 0.25) is 0 Å². The number of carbonyl (C=O) groups excluding carboxylic acids is 2. The molecular weight excluding hydrogens is 310 g/mol. The lowest BCUT2D eigenvalue weighted by molar-refractivity contribution is -0.117. The zero-order valence-electron chi connectivity index (χ0n) is 13.8. The molecule has 7 heteroatoms. The second kappa shape index (κ2) is 6.35. The van der Waals surface area contributed by atoms with E-state index in [0.717, 1.165) is 0 Å². The number of benzene rings is 1. The molecule has 1 aliphatic rings. The molecule has 1 aromatic carbocycles. The number of ether oxygens (including phenoxy) is 2. The molecule has 3 rings (SSSR count). The number of nitrogens with zero attached hydrogens (tertiary/aromatic N) is 2. The minimum Gasteiger partial charge on any atom is -0.486 e. The van der Waals surface area contributed by atoms with E-state index in [-0.39, 0.29) is 12.6 Å². The monoisotopic (exact) mass is 329 g/mol. The summed E-state index contributed by atoms with van der Waals surface area (Å²) in [5.41, 5.74) is 1.56. The van der Waals surface area contributed by atoms with Crippen molar-refractivity contribution in [2.45, 2.75) is 20.0 Å². The van der Waals surface area contributed by atoms with Crippen molar-refractivity contribution in [2.24, 2.45) is 7.05 Å². The average Bonchev–Trinajstić information content (AvgIpc) is 2.84. The molecule has 0 radical (unpaired) electrons. The van der Waals surface area contributed by atoms with Crippen molar-refractivity contribution in [1.29, 1.82) is 0 Å². The Hall–Kier alpha value is -2.83. The highest BCUT2D eigenvalue weighted by atomic mass is 16.6. The third kappa shape index (κ3) is 2.97. The molecule has 24 heavy (non-hydrogen) atoms. The van der Waals surface area contributed by atoms with E-state index < -0.39 is 11.7 Å². The second-order valence-corrected chi connectivity index (χ2v) is 5.71. The number of nitrogens with one attached hydrogen (secondary N) is 1. The molecule has 0 saturated heterocycles. The second-order valence-electron chi connectivity index (χ2n) is 5.71. The minimum atomic E-state index is -0.670. The van der Waals surface area contributed by atoms with Gasteiger partial charge in [0, 0.05) is 12.7 Å². The number of Topliss-reactive ketones (excluding diaryl/α,β-unsaturated/α-hetero) is 1. The minimum absolute atomic E-state index is 0.192. The molecule has 1 unspecified atom stereocenters. The van der Waals surface area contributed by atoms with Crippen LogP contribution in [0.4, 0.5) is 0 Å². The third-order valence-electron chi connectivity index (χ3n) is 4.00. The standard InChI is InChI=1S/C17H19N3O4/c1-10-15(11(2)20(3)19-10)16(21)17(22)18-8-12-9-23-13-6-4-5-7-14(13)24-12/h4-7,12H,8-9H2,1-3H3,(H,18,22). The van der Waals surface area contributed by atoms with E-state index in [9.17, 15) is 9.59 Å². The summed E-state index contributed by atoms with van der Waals surface area (Å²) in [4.78, 5) is 24.5. The molecule has 1 aliphatic heterocycles. The van der Waals surface area contributed by atoms with Crippen LogP contribution in [0.3, 0.4) is 0 Å². The summed E-state index contributed by atoms with van der Waals surface area (Å²) < 4.78 is 12.9. The van der Waals surface area contributed by atoms with Gasteiger partial charge >= 0.3 is 0 Å². The van der Waals surface area contributed by atoms with Gasteiger partial charge in [-0.2, -0.15) is 5.10 Å². The maximum absolute atomic E-state index is 12.3. The largest absolute Gasteiger partial charge is 0.486 e. The Balaban J connectivity index is 1.61. The van der Waals surface area contributed by atoms with Crippen molar-refractivity contribution in [1.82, 2.24) is 15.1 Å². The Labute approximate surface area is 139 Å². The fourth-order valence-corrected chi connectivity index (χ4v) is 2.67. The molecule has 2 aromatic rings. The Bertz CT molecular complexity index is 797. The van der Waals surface area contributed by atoms with Crippen molar-refractivity contribution < 1.29 is 19.1 Å². The van der Waals surface area contributed by atoms with Crippen LogP contribution in [0.25, 0.3) is 0 Å². The van der Waals surface area contributed by atoms with Gasteiger partial charge in [-0.15, -0.1) is 0 Å². The predicted molar refractivity (Wildman–Crippen MR) is 86.4 cm³/mol. The normalized spacial score (nSPS) is 15.9. The number of hydrogen-bond acceptors (Lipinski definition) is 5. The highest BCUT2D eigenvalue weighted by Crippen LogP contribution is 2.30. The van der Waals surface area contributed by atoms with E-state index >= 15 is 0 Å². The van der Waals surface area contributed by atoms with Gasteiger partial charge in [0.2, 0.25) is 0 Å². The molecular formula is C17H19N3O4. The quantitative estimate of drug-likeness (QED) is 0.673. The van der Waals surface area contributed by atoms with Gasteiger partial charge in [-0.1, -0.05) is 12.1 Å². The van der Waals surface area contributed by atoms with Crippen LogP contribution < -0.4 is 14.8 Å². The fraction of sp³-hybridized carbons (Fsp3) is 0.353. The zero-order valence-corrected chi connectivity index (χ0v) is 13.8. The molecule has 7 nitrogen and oxygen atoms in total. The Morgan fingerprint density at radius 1 is 1.29 bits per heavy atom. The SMILES string of the molecule is Cc1nn(C)c(C)c1C(=O)C(=O)NCC1COc2ccccc2O1. The van der Waals surface area contributed by atoms with Gasteiger partial charge in [0.15, 0.2) is 11.5 Å². The van der Waals surface area contributed by atoms with E-state index in [1.54, 1.807) is 31.6 Å². The van der Waals surface area contributed by atoms with Crippen molar-refractivity contribution in [2.75, 3.05) is 13.2 Å². The number of carbonyl (C=O) groups is 2. The topological polar surface area (TPSA) is 82.5 Å². The number of amides is 1. The van der Waals surface area contributed by atoms with Crippen LogP contribution in [0.1, 0.15) is 21.7 Å². The van der Waals surface area contributed by atoms with Crippen molar-refractivity contribution in [3.63, 3.8) is 0 Å². The fourth-order valence-electron chi connectivity index (χ4n) is 2.67. The van der Waals surface area contributed by atoms with E-state index in [1.165, 1.54) is 0 Å². The number of ketones is 1. The van der Waals surface area contributed by atoms with Gasteiger partial charge in [0.25, 0.3) is 11.7 Å². The summed E-state index contributed by atoms with van der Waals surface area (Å²) in [7, 11) is 1.74. The van der Waals surface area contributed by atoms with Gasteiger partial charge in [-0.05, 0) is 26.0 Å². The highest BCUT2D eigenvalue weighted by Gasteiger charge is 2.26. The van der Waals surface area contributed by atoms with E-state index in [1.807, 2.05) is 18.2 Å². The number of fused-ring (bicyclic) bond motifs is 1. The predicted octanol–water partition coefficient (Wildman–Crippen LogP) is 1.18. The summed E-state index contributed by atoms with van der Waals surface area (Å²) in [6, 6.07) is 7.33. The lowest BCUT2D eigenvalue weighted by atomic mass is 10.1. The molecule has 2 heterocycles. The van der Waals surface area contributed by atoms with Crippen LogP contribution in [-0.2, 0) is 11.8 Å². The number of aryl methyl sites for hydroxylation is 2. The molecule has 0 aliphatic carbocycles. The number of hydrogen-bond donors (Lipinski definition) is 1. The van der Waals surface area contributed by atoms with E-state index in [4.69, 9.17) is 9.47 Å². The van der Waals surface area contributed by atoms with Crippen LogP contribution in [-0.4, -0.2) is 40.7 Å². The Morgan fingerprint density at radius 3 is 2.67 bits per heavy atom. The summed E-state index contributed by atoms with van der Waals surface area (Å²) in [6.07, 6.45) is -0.340. The summed E-state index contributed by atoms with van der Waals surface area (Å²) in [5, 5.41) is 6.77. The smallest absolute Gasteiger partial charge is 0.292 e. The van der Waals surface area contributed by atoms with Crippen LogP contribution >= 0.6 is 0 Å². The van der Waals surface area contributed by atoms with Crippen LogP contribution in [0, 0.1) is 13.8 Å². The molecule has 0 saturated carbocycles. The molecule has 1 atom stereocenters. The molecule has 1 N–H and O–H groups in total. The number of rotatable bonds is 4. The van der Waals surface area contributed by atoms with Crippen LogP contribution in [0.5, 0.6) is 11.5 Å². The first-order valence-corrected chi connectivity index (χ1v) is 7.68. The maximum atomic E-state index is 12.3. The molecule has 0 fully saturated rings. The lowest BCUT2D eigenvalue weighted by Crippen LogP contribution is -2.43. The van der Waals surface area contributed by atoms with E-state index in [0.29, 0.717) is 35.1 Å². The van der Waals surface area contributed by atoms with Crippen molar-refractivity contribution in [3.05, 3.63) is 41.2 Å². The third-order valence-corrected chi connectivity index (χ3v) is 4.00. The van der Waals surface area contributed by atoms with E-state index in [2.05, 4.69) is 10.4 Å². The van der Waals surface area contributed by atoms with Gasteiger partial charge in [-0.3, -0.25) is 14.3 Å².